The molecule has 1 unspecified atom stereocenters. The van der Waals surface area contributed by atoms with Crippen LogP contribution in [0, 0.1) is 5.92 Å². The lowest BCUT2D eigenvalue weighted by Crippen LogP contribution is -2.27. The minimum atomic E-state index is 0.302. The zero-order valence-electron chi connectivity index (χ0n) is 12.2. The third-order valence-corrected chi connectivity index (χ3v) is 4.78. The second-order valence-corrected chi connectivity index (χ2v) is 6.83. The number of carbonyl (C=O) groups is 1. The molecule has 0 aromatic carbocycles. The summed E-state index contributed by atoms with van der Waals surface area (Å²) in [5, 5.41) is 0.973. The molecule has 0 radical (unpaired) electrons. The van der Waals surface area contributed by atoms with Gasteiger partial charge in [0.05, 0.1) is 10.6 Å². The first-order valence-electron chi connectivity index (χ1n) is 6.86. The van der Waals surface area contributed by atoms with Crippen molar-refractivity contribution in [3.8, 4) is 0 Å². The van der Waals surface area contributed by atoms with E-state index < -0.39 is 0 Å². The molecular formula is C14H23N3OS. The Labute approximate surface area is 119 Å². The summed E-state index contributed by atoms with van der Waals surface area (Å²) in [6.45, 7) is 7.53. The summed E-state index contributed by atoms with van der Waals surface area (Å²) in [7, 11) is 4.25. The van der Waals surface area contributed by atoms with E-state index in [2.05, 4.69) is 42.7 Å². The molecule has 1 aliphatic rings. The second-order valence-electron chi connectivity index (χ2n) is 5.82. The lowest BCUT2D eigenvalue weighted by Gasteiger charge is -2.20. The highest BCUT2D eigenvalue weighted by molar-refractivity contribution is 7.17. The molecule has 0 spiro atoms. The van der Waals surface area contributed by atoms with Gasteiger partial charge in [-0.2, -0.15) is 0 Å². The maximum Gasteiger partial charge on any atom is 0.185 e. The van der Waals surface area contributed by atoms with Gasteiger partial charge in [-0.15, -0.1) is 0 Å². The molecular weight excluding hydrogens is 258 g/mol. The van der Waals surface area contributed by atoms with E-state index in [-0.39, 0.29) is 0 Å². The lowest BCUT2D eigenvalue weighted by molar-refractivity contribution is 0.112. The molecule has 1 saturated heterocycles. The molecule has 1 aromatic rings. The average Bonchev–Trinajstić information content (AvgIpc) is 2.95. The van der Waals surface area contributed by atoms with Crippen molar-refractivity contribution in [1.82, 2.24) is 9.88 Å². The highest BCUT2D eigenvalue weighted by Crippen LogP contribution is 2.30. The fourth-order valence-corrected chi connectivity index (χ4v) is 3.64. The third kappa shape index (κ3) is 3.34. The van der Waals surface area contributed by atoms with Gasteiger partial charge in [-0.3, -0.25) is 4.79 Å². The Morgan fingerprint density at radius 3 is 2.79 bits per heavy atom. The molecule has 0 aliphatic carbocycles. The van der Waals surface area contributed by atoms with E-state index in [1.807, 2.05) is 0 Å². The number of thiazole rings is 1. The van der Waals surface area contributed by atoms with Gasteiger partial charge in [0, 0.05) is 20.1 Å². The SMILES string of the molecule is CC(C)c1nc(N(C)CC2CCN(C)C2)sc1C=O. The summed E-state index contributed by atoms with van der Waals surface area (Å²) >= 11 is 1.51. The number of carbonyl (C=O) groups excluding carboxylic acids is 1. The number of nitrogens with zero attached hydrogens (tertiary/aromatic N) is 3. The van der Waals surface area contributed by atoms with Gasteiger partial charge in [0.25, 0.3) is 0 Å². The quantitative estimate of drug-likeness (QED) is 0.777. The zero-order valence-corrected chi connectivity index (χ0v) is 13.0. The molecule has 0 bridgehead atoms. The number of rotatable bonds is 5. The minimum Gasteiger partial charge on any atom is -0.351 e. The molecule has 0 saturated carbocycles. The summed E-state index contributed by atoms with van der Waals surface area (Å²) < 4.78 is 0. The molecule has 1 aromatic heterocycles. The molecule has 1 atom stereocenters. The van der Waals surface area contributed by atoms with Crippen molar-refractivity contribution < 1.29 is 4.79 Å². The monoisotopic (exact) mass is 281 g/mol. The summed E-state index contributed by atoms with van der Waals surface area (Å²) in [4.78, 5) is 21.1. The van der Waals surface area contributed by atoms with Crippen LogP contribution in [0.15, 0.2) is 0 Å². The molecule has 1 aliphatic heterocycles. The third-order valence-electron chi connectivity index (χ3n) is 3.67. The predicted octanol–water partition coefficient (Wildman–Crippen LogP) is 2.47. The summed E-state index contributed by atoms with van der Waals surface area (Å²) in [5.41, 5.74) is 0.936. The standard InChI is InChI=1S/C14H23N3OS/c1-10(2)13-12(9-18)19-14(15-13)17(4)8-11-5-6-16(3)7-11/h9-11H,5-8H2,1-4H3. The second kappa shape index (κ2) is 6.01. The molecule has 2 heterocycles. The topological polar surface area (TPSA) is 36.4 Å². The highest BCUT2D eigenvalue weighted by Gasteiger charge is 2.23. The van der Waals surface area contributed by atoms with Crippen LogP contribution in [0.1, 0.15) is 41.6 Å². The van der Waals surface area contributed by atoms with E-state index in [1.165, 1.54) is 24.3 Å². The highest BCUT2D eigenvalue weighted by atomic mass is 32.1. The van der Waals surface area contributed by atoms with Gasteiger partial charge in [-0.25, -0.2) is 4.98 Å². The lowest BCUT2D eigenvalue weighted by atomic mass is 10.1. The molecule has 0 amide bonds. The number of hydrogen-bond donors (Lipinski definition) is 0. The van der Waals surface area contributed by atoms with Crippen molar-refractivity contribution in [1.29, 1.82) is 0 Å². The smallest absolute Gasteiger partial charge is 0.185 e. The maximum atomic E-state index is 11.1. The van der Waals surface area contributed by atoms with Crippen molar-refractivity contribution in [2.75, 3.05) is 38.6 Å². The van der Waals surface area contributed by atoms with E-state index in [4.69, 9.17) is 0 Å². The Hall–Kier alpha value is -0.940. The van der Waals surface area contributed by atoms with Crippen LogP contribution in [0.25, 0.3) is 0 Å². The first kappa shape index (κ1) is 14.5. The molecule has 106 valence electrons. The number of aldehydes is 1. The maximum absolute atomic E-state index is 11.1. The molecule has 4 nitrogen and oxygen atoms in total. The number of aromatic nitrogens is 1. The number of likely N-dealkylation sites (tertiary alicyclic amines) is 1. The fourth-order valence-electron chi connectivity index (χ4n) is 2.63. The molecule has 2 rings (SSSR count). The van der Waals surface area contributed by atoms with Crippen LogP contribution < -0.4 is 4.90 Å². The van der Waals surface area contributed by atoms with Gasteiger partial charge in [-0.05, 0) is 31.8 Å². The Morgan fingerprint density at radius 2 is 2.32 bits per heavy atom. The minimum absolute atomic E-state index is 0.302. The van der Waals surface area contributed by atoms with Gasteiger partial charge >= 0.3 is 0 Å². The fraction of sp³-hybridized carbons (Fsp3) is 0.714. The summed E-state index contributed by atoms with van der Waals surface area (Å²) in [5.74, 6) is 1.01. The number of hydrogen-bond acceptors (Lipinski definition) is 5. The van der Waals surface area contributed by atoms with E-state index in [9.17, 15) is 4.79 Å². The Bertz CT molecular complexity index is 444. The van der Waals surface area contributed by atoms with Crippen LogP contribution >= 0.6 is 11.3 Å². The van der Waals surface area contributed by atoms with Crippen molar-refractivity contribution in [2.24, 2.45) is 5.92 Å². The van der Waals surface area contributed by atoms with E-state index in [1.54, 1.807) is 0 Å². The molecule has 19 heavy (non-hydrogen) atoms. The molecule has 5 heteroatoms. The van der Waals surface area contributed by atoms with Gasteiger partial charge < -0.3 is 9.80 Å². The Morgan fingerprint density at radius 1 is 1.58 bits per heavy atom. The largest absolute Gasteiger partial charge is 0.351 e. The van der Waals surface area contributed by atoms with Gasteiger partial charge in [0.1, 0.15) is 0 Å². The van der Waals surface area contributed by atoms with Crippen LogP contribution in [0.4, 0.5) is 5.13 Å². The van der Waals surface area contributed by atoms with Crippen LogP contribution in [-0.4, -0.2) is 49.9 Å². The van der Waals surface area contributed by atoms with E-state index in [0.29, 0.717) is 11.8 Å². The molecule has 0 N–H and O–H groups in total. The Balaban J connectivity index is 2.06. The van der Waals surface area contributed by atoms with E-state index >= 15 is 0 Å². The van der Waals surface area contributed by atoms with Crippen molar-refractivity contribution >= 4 is 22.8 Å². The van der Waals surface area contributed by atoms with Gasteiger partial charge in [-0.1, -0.05) is 25.2 Å². The zero-order chi connectivity index (χ0) is 14.0. The van der Waals surface area contributed by atoms with Crippen LogP contribution in [0.5, 0.6) is 0 Å². The predicted molar refractivity (Wildman–Crippen MR) is 80.5 cm³/mol. The first-order chi connectivity index (χ1) is 9.01. The molecule has 1 fully saturated rings. The summed E-state index contributed by atoms with van der Waals surface area (Å²) in [6.07, 6.45) is 2.19. The van der Waals surface area contributed by atoms with Crippen LogP contribution in [0.2, 0.25) is 0 Å². The van der Waals surface area contributed by atoms with Crippen LogP contribution in [-0.2, 0) is 0 Å². The average molecular weight is 281 g/mol. The normalized spacial score (nSPS) is 20.2. The van der Waals surface area contributed by atoms with Crippen molar-refractivity contribution in [3.63, 3.8) is 0 Å². The van der Waals surface area contributed by atoms with Gasteiger partial charge in [0.2, 0.25) is 0 Å². The Kier molecular flexibility index (Phi) is 4.58. The van der Waals surface area contributed by atoms with Crippen molar-refractivity contribution in [3.05, 3.63) is 10.6 Å². The van der Waals surface area contributed by atoms with Crippen molar-refractivity contribution in [2.45, 2.75) is 26.2 Å². The first-order valence-corrected chi connectivity index (χ1v) is 7.68. The van der Waals surface area contributed by atoms with Crippen LogP contribution in [0.3, 0.4) is 0 Å². The number of anilines is 1. The van der Waals surface area contributed by atoms with E-state index in [0.717, 1.165) is 35.1 Å². The van der Waals surface area contributed by atoms with Gasteiger partial charge in [0.15, 0.2) is 11.4 Å². The summed E-state index contributed by atoms with van der Waals surface area (Å²) in [6, 6.07) is 0.